The van der Waals surface area contributed by atoms with Crippen molar-refractivity contribution >= 4 is 27.7 Å². The van der Waals surface area contributed by atoms with Crippen molar-refractivity contribution in [2.24, 2.45) is 5.73 Å². The number of thioether (sulfide) groups is 1. The second kappa shape index (κ2) is 4.11. The molecule has 1 atom stereocenters. The zero-order valence-corrected chi connectivity index (χ0v) is 11.5. The second-order valence-electron chi connectivity index (χ2n) is 4.32. The van der Waals surface area contributed by atoms with Crippen LogP contribution in [0.1, 0.15) is 25.3 Å². The van der Waals surface area contributed by atoms with Gasteiger partial charge in [-0.15, -0.1) is 11.8 Å². The Morgan fingerprint density at radius 2 is 2.07 bits per heavy atom. The lowest BCUT2D eigenvalue weighted by molar-refractivity contribution is 0.555. The molecule has 0 saturated heterocycles. The molecule has 1 aromatic rings. The Bertz CT molecular complexity index is 372. The first-order valence-electron chi connectivity index (χ1n) is 5.19. The van der Waals surface area contributed by atoms with E-state index < -0.39 is 0 Å². The highest BCUT2D eigenvalue weighted by Gasteiger charge is 2.47. The summed E-state index contributed by atoms with van der Waals surface area (Å²) in [6, 6.07) is 6.91. The number of halogens is 1. The molecular weight excluding hydrogens is 270 g/mol. The van der Waals surface area contributed by atoms with Crippen LogP contribution < -0.4 is 5.73 Å². The molecule has 0 aromatic heterocycles. The summed E-state index contributed by atoms with van der Waals surface area (Å²) < 4.78 is 1.16. The average molecular weight is 286 g/mol. The van der Waals surface area contributed by atoms with Crippen molar-refractivity contribution < 1.29 is 0 Å². The van der Waals surface area contributed by atoms with Gasteiger partial charge in [0, 0.05) is 20.8 Å². The maximum atomic E-state index is 6.08. The summed E-state index contributed by atoms with van der Waals surface area (Å²) in [5.74, 6) is 0. The van der Waals surface area contributed by atoms with Gasteiger partial charge >= 0.3 is 0 Å². The monoisotopic (exact) mass is 285 g/mol. The number of hydrogen-bond acceptors (Lipinski definition) is 2. The number of hydrogen-bond donors (Lipinski definition) is 1. The van der Waals surface area contributed by atoms with Crippen molar-refractivity contribution in [3.8, 4) is 0 Å². The van der Waals surface area contributed by atoms with Crippen LogP contribution in [0.3, 0.4) is 0 Å². The van der Waals surface area contributed by atoms with E-state index in [1.54, 1.807) is 11.8 Å². The fourth-order valence-electron chi connectivity index (χ4n) is 2.11. The Kier molecular flexibility index (Phi) is 3.15. The van der Waals surface area contributed by atoms with Crippen molar-refractivity contribution in [3.05, 3.63) is 28.2 Å². The Morgan fingerprint density at radius 1 is 1.40 bits per heavy atom. The summed E-state index contributed by atoms with van der Waals surface area (Å²) in [6.07, 6.45) is 4.57. The molecule has 1 nitrogen and oxygen atoms in total. The lowest BCUT2D eigenvalue weighted by Gasteiger charge is -2.21. The summed E-state index contributed by atoms with van der Waals surface area (Å²) in [4.78, 5) is 1.31. The minimum absolute atomic E-state index is 0.251. The summed E-state index contributed by atoms with van der Waals surface area (Å²) in [5.41, 5.74) is 7.74. The smallest absolute Gasteiger partial charge is 0.0189 e. The Labute approximate surface area is 104 Å². The van der Waals surface area contributed by atoms with Gasteiger partial charge in [-0.3, -0.25) is 0 Å². The zero-order valence-electron chi connectivity index (χ0n) is 9.09. The summed E-state index contributed by atoms with van der Waals surface area (Å²) in [5, 5.41) is 0. The lowest BCUT2D eigenvalue weighted by Crippen LogP contribution is -2.31. The van der Waals surface area contributed by atoms with E-state index in [-0.39, 0.29) is 11.5 Å². The number of nitrogens with two attached hydrogens (primary N) is 1. The van der Waals surface area contributed by atoms with Crippen LogP contribution in [-0.4, -0.2) is 12.3 Å². The molecule has 15 heavy (non-hydrogen) atoms. The molecular formula is C12H16BrNS. The van der Waals surface area contributed by atoms with Crippen molar-refractivity contribution in [1.29, 1.82) is 0 Å². The van der Waals surface area contributed by atoms with Crippen molar-refractivity contribution in [1.82, 2.24) is 0 Å². The van der Waals surface area contributed by atoms with Gasteiger partial charge in [0.15, 0.2) is 0 Å². The van der Waals surface area contributed by atoms with Gasteiger partial charge in [0.1, 0.15) is 0 Å². The summed E-state index contributed by atoms with van der Waals surface area (Å²) >= 11 is 5.35. The second-order valence-corrected chi connectivity index (χ2v) is 6.12. The third-order valence-corrected chi connectivity index (χ3v) is 4.51. The molecule has 2 N–H and O–H groups in total. The summed E-state index contributed by atoms with van der Waals surface area (Å²) in [7, 11) is 0. The topological polar surface area (TPSA) is 26.0 Å². The highest BCUT2D eigenvalue weighted by Crippen LogP contribution is 2.51. The van der Waals surface area contributed by atoms with Crippen LogP contribution in [0.2, 0.25) is 0 Å². The van der Waals surface area contributed by atoms with E-state index in [4.69, 9.17) is 5.73 Å². The minimum Gasteiger partial charge on any atom is -0.327 e. The van der Waals surface area contributed by atoms with E-state index in [0.29, 0.717) is 0 Å². The molecule has 1 saturated carbocycles. The molecule has 0 aliphatic heterocycles. The normalized spacial score (nSPS) is 20.0. The van der Waals surface area contributed by atoms with E-state index in [9.17, 15) is 0 Å². The van der Waals surface area contributed by atoms with Crippen molar-refractivity contribution in [2.45, 2.75) is 36.1 Å². The molecule has 0 heterocycles. The number of benzene rings is 1. The van der Waals surface area contributed by atoms with Crippen molar-refractivity contribution in [2.75, 3.05) is 6.26 Å². The van der Waals surface area contributed by atoms with Crippen LogP contribution in [-0.2, 0) is 5.41 Å². The van der Waals surface area contributed by atoms with Gasteiger partial charge in [0.25, 0.3) is 0 Å². The molecule has 1 aromatic carbocycles. The first-order valence-corrected chi connectivity index (χ1v) is 7.21. The first-order chi connectivity index (χ1) is 7.08. The molecule has 0 spiro atoms. The van der Waals surface area contributed by atoms with Gasteiger partial charge in [-0.25, -0.2) is 0 Å². The molecule has 1 fully saturated rings. The standard InChI is InChI=1S/C12H16BrNS/c1-8(14)12(3-4-12)9-5-10(13)7-11(6-9)15-2/h5-8H,3-4,14H2,1-2H3. The number of rotatable bonds is 3. The van der Waals surface area contributed by atoms with E-state index in [0.717, 1.165) is 4.47 Å². The summed E-state index contributed by atoms with van der Waals surface area (Å²) in [6.45, 7) is 2.12. The fourth-order valence-corrected chi connectivity index (χ4v) is 3.24. The van der Waals surface area contributed by atoms with Gasteiger partial charge in [-0.05, 0) is 49.8 Å². The molecule has 3 heteroatoms. The first kappa shape index (κ1) is 11.5. The SMILES string of the molecule is CSc1cc(Br)cc(C2(C(C)N)CC2)c1. The van der Waals surface area contributed by atoms with Crippen LogP contribution in [0.5, 0.6) is 0 Å². The quantitative estimate of drug-likeness (QED) is 0.860. The van der Waals surface area contributed by atoms with Gasteiger partial charge < -0.3 is 5.73 Å². The maximum absolute atomic E-state index is 6.08. The van der Waals surface area contributed by atoms with Gasteiger partial charge in [0.2, 0.25) is 0 Å². The van der Waals surface area contributed by atoms with Gasteiger partial charge in [0.05, 0.1) is 0 Å². The van der Waals surface area contributed by atoms with Crippen LogP contribution in [0.25, 0.3) is 0 Å². The fraction of sp³-hybridized carbons (Fsp3) is 0.500. The largest absolute Gasteiger partial charge is 0.327 e. The Hall–Kier alpha value is 0.01000. The molecule has 0 amide bonds. The van der Waals surface area contributed by atoms with E-state index in [2.05, 4.69) is 47.3 Å². The van der Waals surface area contributed by atoms with E-state index in [1.165, 1.54) is 23.3 Å². The van der Waals surface area contributed by atoms with Crippen LogP contribution >= 0.6 is 27.7 Å². The van der Waals surface area contributed by atoms with Gasteiger partial charge in [-0.2, -0.15) is 0 Å². The maximum Gasteiger partial charge on any atom is 0.0189 e. The molecule has 1 aliphatic carbocycles. The molecule has 2 rings (SSSR count). The average Bonchev–Trinajstić information content (AvgIpc) is 2.97. The van der Waals surface area contributed by atoms with Gasteiger partial charge in [-0.1, -0.05) is 15.9 Å². The highest BCUT2D eigenvalue weighted by atomic mass is 79.9. The molecule has 0 bridgehead atoms. The minimum atomic E-state index is 0.251. The van der Waals surface area contributed by atoms with Crippen molar-refractivity contribution in [3.63, 3.8) is 0 Å². The third-order valence-electron chi connectivity index (χ3n) is 3.34. The molecule has 1 aliphatic rings. The van der Waals surface area contributed by atoms with E-state index in [1.807, 2.05) is 0 Å². The van der Waals surface area contributed by atoms with Crippen LogP contribution in [0.15, 0.2) is 27.6 Å². The van der Waals surface area contributed by atoms with E-state index >= 15 is 0 Å². The predicted octanol–water partition coefficient (Wildman–Crippen LogP) is 3.55. The Balaban J connectivity index is 2.40. The lowest BCUT2D eigenvalue weighted by atomic mass is 9.90. The van der Waals surface area contributed by atoms with Crippen LogP contribution in [0.4, 0.5) is 0 Å². The zero-order chi connectivity index (χ0) is 11.1. The molecule has 82 valence electrons. The van der Waals surface area contributed by atoms with Crippen LogP contribution in [0, 0.1) is 0 Å². The molecule has 0 radical (unpaired) electrons. The third kappa shape index (κ3) is 2.10. The highest BCUT2D eigenvalue weighted by molar-refractivity contribution is 9.10. The predicted molar refractivity (Wildman–Crippen MR) is 70.5 cm³/mol. The molecule has 1 unspecified atom stereocenters. The Morgan fingerprint density at radius 3 is 2.53 bits per heavy atom.